The Labute approximate surface area is 105 Å². The topological polar surface area (TPSA) is 114 Å². The molecule has 0 atom stereocenters. The zero-order valence-electron chi connectivity index (χ0n) is 10.4. The fourth-order valence-electron chi connectivity index (χ4n) is 1.43. The van der Waals surface area contributed by atoms with Gasteiger partial charge < -0.3 is 21.7 Å². The van der Waals surface area contributed by atoms with E-state index >= 15 is 0 Å². The van der Waals surface area contributed by atoms with E-state index in [9.17, 15) is 9.59 Å². The fourth-order valence-corrected chi connectivity index (χ4v) is 1.43. The molecule has 7 nitrogen and oxygen atoms in total. The zero-order valence-corrected chi connectivity index (χ0v) is 10.4. The lowest BCUT2D eigenvalue weighted by molar-refractivity contribution is -0.119. The molecule has 0 aromatic carbocycles. The van der Waals surface area contributed by atoms with Crippen LogP contribution in [0.3, 0.4) is 0 Å². The van der Waals surface area contributed by atoms with Crippen molar-refractivity contribution in [2.45, 2.75) is 6.92 Å². The van der Waals surface area contributed by atoms with E-state index in [1.165, 1.54) is 12.3 Å². The van der Waals surface area contributed by atoms with E-state index in [1.807, 2.05) is 6.92 Å². The molecule has 0 aliphatic rings. The van der Waals surface area contributed by atoms with Crippen molar-refractivity contribution >= 4 is 23.3 Å². The molecular weight excluding hydrogens is 234 g/mol. The van der Waals surface area contributed by atoms with Crippen LogP contribution in [-0.2, 0) is 4.79 Å². The minimum Gasteiger partial charge on any atom is -0.397 e. The van der Waals surface area contributed by atoms with Gasteiger partial charge in [-0.25, -0.2) is 4.98 Å². The number of anilines is 2. The first kappa shape index (κ1) is 13.8. The molecule has 0 fully saturated rings. The number of aromatic nitrogens is 1. The van der Waals surface area contributed by atoms with Crippen LogP contribution in [0.4, 0.5) is 11.5 Å². The number of hydrogen-bond acceptors (Lipinski definition) is 5. The number of hydrogen-bond donors (Lipinski definition) is 3. The van der Waals surface area contributed by atoms with Crippen molar-refractivity contribution in [3.63, 3.8) is 0 Å². The molecular formula is C11H17N5O2. The lowest BCUT2D eigenvalue weighted by atomic mass is 10.2. The molecule has 1 aromatic heterocycles. The molecule has 1 aromatic rings. The molecule has 98 valence electrons. The molecule has 0 radical (unpaired) electrons. The minimum atomic E-state index is -0.623. The molecule has 18 heavy (non-hydrogen) atoms. The summed E-state index contributed by atoms with van der Waals surface area (Å²) in [6.07, 6.45) is 1.35. The average molecular weight is 251 g/mol. The first-order valence-electron chi connectivity index (χ1n) is 5.48. The van der Waals surface area contributed by atoms with E-state index in [4.69, 9.17) is 11.5 Å². The van der Waals surface area contributed by atoms with Gasteiger partial charge in [-0.05, 0) is 13.0 Å². The van der Waals surface area contributed by atoms with Gasteiger partial charge in [0.1, 0.15) is 5.82 Å². The predicted molar refractivity (Wildman–Crippen MR) is 69.1 cm³/mol. The van der Waals surface area contributed by atoms with E-state index in [1.54, 1.807) is 11.9 Å². The molecule has 0 saturated heterocycles. The maximum atomic E-state index is 11.4. The second-order valence-electron chi connectivity index (χ2n) is 3.80. The molecule has 0 aliphatic heterocycles. The Hall–Kier alpha value is -2.31. The van der Waals surface area contributed by atoms with Gasteiger partial charge in [0.15, 0.2) is 0 Å². The SMILES string of the molecule is CCNC(=O)CN(C)c1cc(C(N)=O)c(N)cn1. The molecule has 2 amide bonds. The van der Waals surface area contributed by atoms with Gasteiger partial charge in [-0.2, -0.15) is 0 Å². The molecule has 0 bridgehead atoms. The van der Waals surface area contributed by atoms with Gasteiger partial charge in [0.25, 0.3) is 5.91 Å². The van der Waals surface area contributed by atoms with E-state index in [2.05, 4.69) is 10.3 Å². The summed E-state index contributed by atoms with van der Waals surface area (Å²) < 4.78 is 0. The standard InChI is InChI=1S/C11H17N5O2/c1-3-14-10(17)6-16(2)9-4-7(11(13)18)8(12)5-15-9/h4-5H,3,6,12H2,1-2H3,(H2,13,18)(H,14,17). The summed E-state index contributed by atoms with van der Waals surface area (Å²) in [5.74, 6) is -0.286. The summed E-state index contributed by atoms with van der Waals surface area (Å²) >= 11 is 0. The van der Waals surface area contributed by atoms with Crippen LogP contribution < -0.4 is 21.7 Å². The minimum absolute atomic E-state index is 0.126. The van der Waals surface area contributed by atoms with Crippen LogP contribution in [0.25, 0.3) is 0 Å². The van der Waals surface area contributed by atoms with E-state index in [-0.39, 0.29) is 23.7 Å². The van der Waals surface area contributed by atoms with Gasteiger partial charge in [0.2, 0.25) is 5.91 Å². The normalized spacial score (nSPS) is 9.89. The number of nitrogens with one attached hydrogen (secondary N) is 1. The summed E-state index contributed by atoms with van der Waals surface area (Å²) in [4.78, 5) is 28.2. The van der Waals surface area contributed by atoms with Crippen LogP contribution in [-0.4, -0.2) is 36.9 Å². The van der Waals surface area contributed by atoms with Gasteiger partial charge >= 0.3 is 0 Å². The van der Waals surface area contributed by atoms with E-state index < -0.39 is 5.91 Å². The van der Waals surface area contributed by atoms with Gasteiger partial charge in [0.05, 0.1) is 24.0 Å². The summed E-state index contributed by atoms with van der Waals surface area (Å²) in [6.45, 7) is 2.54. The van der Waals surface area contributed by atoms with Crippen molar-refractivity contribution in [2.75, 3.05) is 30.8 Å². The Bertz CT molecular complexity index is 461. The number of nitrogens with zero attached hydrogens (tertiary/aromatic N) is 2. The second-order valence-corrected chi connectivity index (χ2v) is 3.80. The van der Waals surface area contributed by atoms with Crippen LogP contribution in [0, 0.1) is 0 Å². The molecule has 1 rings (SSSR count). The number of pyridine rings is 1. The lowest BCUT2D eigenvalue weighted by Crippen LogP contribution is -2.35. The second kappa shape index (κ2) is 5.85. The van der Waals surface area contributed by atoms with E-state index in [0.717, 1.165) is 0 Å². The van der Waals surface area contributed by atoms with Gasteiger partial charge in [0, 0.05) is 13.6 Å². The summed E-state index contributed by atoms with van der Waals surface area (Å²) in [5.41, 5.74) is 11.2. The number of amides is 2. The Morgan fingerprint density at radius 1 is 1.50 bits per heavy atom. The maximum absolute atomic E-state index is 11.4. The van der Waals surface area contributed by atoms with E-state index in [0.29, 0.717) is 12.4 Å². The molecule has 0 aliphatic carbocycles. The highest BCUT2D eigenvalue weighted by Gasteiger charge is 2.12. The molecule has 0 unspecified atom stereocenters. The maximum Gasteiger partial charge on any atom is 0.250 e. The number of rotatable bonds is 5. The van der Waals surface area contributed by atoms with Crippen molar-refractivity contribution in [1.82, 2.24) is 10.3 Å². The number of likely N-dealkylation sites (N-methyl/N-ethyl adjacent to an activating group) is 2. The highest BCUT2D eigenvalue weighted by atomic mass is 16.2. The molecule has 0 spiro atoms. The van der Waals surface area contributed by atoms with Crippen LogP contribution in [0.5, 0.6) is 0 Å². The van der Waals surface area contributed by atoms with Crippen LogP contribution >= 0.6 is 0 Å². The van der Waals surface area contributed by atoms with Crippen molar-refractivity contribution in [1.29, 1.82) is 0 Å². The Morgan fingerprint density at radius 2 is 2.17 bits per heavy atom. The van der Waals surface area contributed by atoms with Crippen LogP contribution in [0.15, 0.2) is 12.3 Å². The predicted octanol–water partition coefficient (Wildman–Crippen LogP) is -0.665. The lowest BCUT2D eigenvalue weighted by Gasteiger charge is -2.18. The summed E-state index contributed by atoms with van der Waals surface area (Å²) in [5, 5.41) is 2.67. The van der Waals surface area contributed by atoms with Crippen LogP contribution in [0.2, 0.25) is 0 Å². The summed E-state index contributed by atoms with van der Waals surface area (Å²) in [7, 11) is 1.69. The number of carbonyl (C=O) groups is 2. The van der Waals surface area contributed by atoms with Crippen molar-refractivity contribution < 1.29 is 9.59 Å². The zero-order chi connectivity index (χ0) is 13.7. The third-order valence-electron chi connectivity index (χ3n) is 2.33. The molecule has 5 N–H and O–H groups in total. The first-order valence-corrected chi connectivity index (χ1v) is 5.48. The third-order valence-corrected chi connectivity index (χ3v) is 2.33. The van der Waals surface area contributed by atoms with Crippen molar-refractivity contribution in [3.05, 3.63) is 17.8 Å². The highest BCUT2D eigenvalue weighted by Crippen LogP contribution is 2.16. The van der Waals surface area contributed by atoms with Crippen LogP contribution in [0.1, 0.15) is 17.3 Å². The number of nitrogens with two attached hydrogens (primary N) is 2. The molecule has 7 heteroatoms. The van der Waals surface area contributed by atoms with Gasteiger partial charge in [-0.3, -0.25) is 9.59 Å². The first-order chi connectivity index (χ1) is 8.45. The van der Waals surface area contributed by atoms with Gasteiger partial charge in [-0.1, -0.05) is 0 Å². The smallest absolute Gasteiger partial charge is 0.250 e. The molecule has 0 saturated carbocycles. The quantitative estimate of drug-likeness (QED) is 0.642. The average Bonchev–Trinajstić information content (AvgIpc) is 2.29. The Morgan fingerprint density at radius 3 is 2.72 bits per heavy atom. The number of primary amides is 1. The Balaban J connectivity index is 2.86. The van der Waals surface area contributed by atoms with Gasteiger partial charge in [-0.15, -0.1) is 0 Å². The third kappa shape index (κ3) is 3.34. The fraction of sp³-hybridized carbons (Fsp3) is 0.364. The largest absolute Gasteiger partial charge is 0.397 e. The monoisotopic (exact) mass is 251 g/mol. The van der Waals surface area contributed by atoms with Crippen molar-refractivity contribution in [2.24, 2.45) is 5.73 Å². The summed E-state index contributed by atoms with van der Waals surface area (Å²) in [6, 6.07) is 1.47. The highest BCUT2D eigenvalue weighted by molar-refractivity contribution is 5.98. The molecule has 1 heterocycles. The van der Waals surface area contributed by atoms with Crippen molar-refractivity contribution in [3.8, 4) is 0 Å². The number of nitrogen functional groups attached to an aromatic ring is 1. The number of carbonyl (C=O) groups excluding carboxylic acids is 2. The Kier molecular flexibility index (Phi) is 4.47.